The smallest absolute Gasteiger partial charge is 0.256 e. The molecule has 2 aliphatic rings. The van der Waals surface area contributed by atoms with E-state index in [0.717, 1.165) is 25.2 Å². The zero-order valence-electron chi connectivity index (χ0n) is 23.1. The molecule has 2 aromatic carbocycles. The molecule has 0 radical (unpaired) electrons. The number of ether oxygens (including phenoxy) is 1. The average Bonchev–Trinajstić information content (AvgIpc) is 3.22. The molecule has 1 N–H and O–H groups in total. The third-order valence-electron chi connectivity index (χ3n) is 7.54. The molecule has 0 spiro atoms. The maximum absolute atomic E-state index is 13.6. The third kappa shape index (κ3) is 7.07. The van der Waals surface area contributed by atoms with Crippen LogP contribution in [0.15, 0.2) is 66.9 Å². The second-order valence-corrected chi connectivity index (χ2v) is 10.7. The van der Waals surface area contributed by atoms with Gasteiger partial charge in [0, 0.05) is 13.1 Å². The number of carbonyl (C=O) groups excluding carboxylic acids is 2. The van der Waals surface area contributed by atoms with Crippen LogP contribution in [0.4, 0.5) is 15.9 Å². The average molecular weight is 576 g/mol. The highest BCUT2D eigenvalue weighted by Gasteiger charge is 2.44. The van der Waals surface area contributed by atoms with Crippen molar-refractivity contribution in [2.75, 3.05) is 37.0 Å². The number of nitrogens with one attached hydrogen (secondary N) is 1. The molecule has 1 unspecified atom stereocenters. The summed E-state index contributed by atoms with van der Waals surface area (Å²) in [5.74, 6) is -0.168. The number of hydrogen-bond acceptors (Lipinski definition) is 6. The van der Waals surface area contributed by atoms with Crippen LogP contribution in [0.25, 0.3) is 0 Å². The zero-order chi connectivity index (χ0) is 28.8. The number of nitrogens with zero attached hydrogens (tertiary/aromatic N) is 4. The van der Waals surface area contributed by atoms with E-state index in [0.29, 0.717) is 35.3 Å². The van der Waals surface area contributed by atoms with Gasteiger partial charge in [-0.2, -0.15) is 0 Å². The van der Waals surface area contributed by atoms with E-state index in [-0.39, 0.29) is 18.2 Å². The first-order valence-corrected chi connectivity index (χ1v) is 14.3. The lowest BCUT2D eigenvalue weighted by Gasteiger charge is -2.26. The maximum Gasteiger partial charge on any atom is 0.256 e. The minimum Gasteiger partial charge on any atom is -0.495 e. The molecule has 2 amide bonds. The van der Waals surface area contributed by atoms with Crippen LogP contribution in [0.1, 0.15) is 36.8 Å². The van der Waals surface area contributed by atoms with E-state index < -0.39 is 11.9 Å². The minimum atomic E-state index is -0.802. The molecule has 10 heteroatoms. The van der Waals surface area contributed by atoms with E-state index in [1.54, 1.807) is 17.0 Å². The van der Waals surface area contributed by atoms with Gasteiger partial charge in [-0.05, 0) is 92.1 Å². The molecule has 3 aromatic rings. The van der Waals surface area contributed by atoms with Gasteiger partial charge in [0.15, 0.2) is 5.11 Å². The van der Waals surface area contributed by atoms with Crippen LogP contribution < -0.4 is 15.0 Å². The Hall–Kier alpha value is -3.89. The number of thiocarbonyl (C=S) groups is 1. The van der Waals surface area contributed by atoms with Crippen molar-refractivity contribution in [1.82, 2.24) is 14.8 Å². The molecule has 214 valence electrons. The summed E-state index contributed by atoms with van der Waals surface area (Å²) in [5, 5.41) is 3.05. The molecular formula is C31H34FN5O3S. The first kappa shape index (κ1) is 28.6. The number of aromatic nitrogens is 1. The lowest BCUT2D eigenvalue weighted by molar-refractivity contribution is -0.124. The van der Waals surface area contributed by atoms with E-state index in [4.69, 9.17) is 17.0 Å². The SMILES string of the molecule is COc1ccc(NC(=O)CC2C(=O)N(c3ccc(F)cc3)C(=S)N2CCc2ccc(CN3CCCCC3)cc2)nc1. The first-order valence-electron chi connectivity index (χ1n) is 13.9. The Morgan fingerprint density at radius 1 is 1.02 bits per heavy atom. The number of hydrogen-bond donors (Lipinski definition) is 1. The quantitative estimate of drug-likeness (QED) is 0.349. The predicted octanol–water partition coefficient (Wildman–Crippen LogP) is 4.79. The number of halogens is 1. The Kier molecular flexibility index (Phi) is 9.21. The van der Waals surface area contributed by atoms with Gasteiger partial charge in [0.05, 0.1) is 25.4 Å². The molecule has 8 nitrogen and oxygen atoms in total. The molecule has 0 bridgehead atoms. The Balaban J connectivity index is 1.28. The fourth-order valence-corrected chi connectivity index (χ4v) is 5.71. The lowest BCUT2D eigenvalue weighted by atomic mass is 10.1. The van der Waals surface area contributed by atoms with Gasteiger partial charge < -0.3 is 15.0 Å². The summed E-state index contributed by atoms with van der Waals surface area (Å²) in [6.07, 6.45) is 5.88. The number of piperidine rings is 1. The van der Waals surface area contributed by atoms with E-state index in [9.17, 15) is 14.0 Å². The fraction of sp³-hybridized carbons (Fsp3) is 0.355. The van der Waals surface area contributed by atoms with Gasteiger partial charge in [0.25, 0.3) is 5.91 Å². The summed E-state index contributed by atoms with van der Waals surface area (Å²) in [4.78, 5) is 36.5. The number of carbonyl (C=O) groups is 2. The monoisotopic (exact) mass is 575 g/mol. The highest BCUT2D eigenvalue weighted by Crippen LogP contribution is 2.28. The number of pyridine rings is 1. The molecule has 41 heavy (non-hydrogen) atoms. The van der Waals surface area contributed by atoms with Crippen molar-refractivity contribution in [2.45, 2.75) is 44.7 Å². The van der Waals surface area contributed by atoms with Crippen molar-refractivity contribution in [1.29, 1.82) is 0 Å². The standard InChI is InChI=1S/C31H34FN5O3S/c1-40-26-13-14-28(33-20-26)34-29(38)19-27-30(39)37(25-11-9-24(32)10-12-25)31(41)36(27)18-15-22-5-7-23(8-6-22)21-35-16-3-2-4-17-35/h5-14,20,27H,2-4,15-19,21H2,1H3,(H,33,34,38). The van der Waals surface area contributed by atoms with E-state index in [1.165, 1.54) is 67.3 Å². The van der Waals surface area contributed by atoms with Crippen LogP contribution in [0, 0.1) is 5.82 Å². The van der Waals surface area contributed by atoms with Crippen molar-refractivity contribution in [3.8, 4) is 5.75 Å². The van der Waals surface area contributed by atoms with Gasteiger partial charge in [0.1, 0.15) is 23.4 Å². The van der Waals surface area contributed by atoms with E-state index in [2.05, 4.69) is 39.5 Å². The topological polar surface area (TPSA) is 78.0 Å². The Bertz CT molecular complexity index is 1360. The first-order chi connectivity index (χ1) is 19.9. The number of amides is 2. The summed E-state index contributed by atoms with van der Waals surface area (Å²) >= 11 is 5.74. The molecule has 2 aliphatic heterocycles. The lowest BCUT2D eigenvalue weighted by Crippen LogP contribution is -2.39. The third-order valence-corrected chi connectivity index (χ3v) is 7.96. The van der Waals surface area contributed by atoms with Crippen molar-refractivity contribution in [2.24, 2.45) is 0 Å². The number of benzene rings is 2. The molecule has 0 aliphatic carbocycles. The number of rotatable bonds is 10. The molecule has 2 fully saturated rings. The van der Waals surface area contributed by atoms with Crippen LogP contribution in [0.2, 0.25) is 0 Å². The van der Waals surface area contributed by atoms with Crippen molar-refractivity contribution < 1.29 is 18.7 Å². The number of likely N-dealkylation sites (tertiary alicyclic amines) is 1. The summed E-state index contributed by atoms with van der Waals surface area (Å²) < 4.78 is 18.7. The Morgan fingerprint density at radius 2 is 1.73 bits per heavy atom. The summed E-state index contributed by atoms with van der Waals surface area (Å²) in [5.41, 5.74) is 2.87. The molecule has 1 aromatic heterocycles. The Morgan fingerprint density at radius 3 is 2.39 bits per heavy atom. The predicted molar refractivity (Wildman–Crippen MR) is 160 cm³/mol. The molecule has 0 saturated carbocycles. The normalized spacial score (nSPS) is 17.7. The van der Waals surface area contributed by atoms with Crippen LogP contribution in [0.3, 0.4) is 0 Å². The summed E-state index contributed by atoms with van der Waals surface area (Å²) in [6.45, 7) is 3.71. The highest BCUT2D eigenvalue weighted by molar-refractivity contribution is 7.80. The fourth-order valence-electron chi connectivity index (χ4n) is 5.30. The van der Waals surface area contributed by atoms with Crippen molar-refractivity contribution in [3.05, 3.63) is 83.8 Å². The maximum atomic E-state index is 13.6. The summed E-state index contributed by atoms with van der Waals surface area (Å²) in [7, 11) is 1.54. The Labute approximate surface area is 245 Å². The minimum absolute atomic E-state index is 0.112. The van der Waals surface area contributed by atoms with Gasteiger partial charge in [-0.15, -0.1) is 0 Å². The van der Waals surface area contributed by atoms with Crippen LogP contribution in [0.5, 0.6) is 5.75 Å². The van der Waals surface area contributed by atoms with Gasteiger partial charge >= 0.3 is 0 Å². The molecule has 5 rings (SSSR count). The van der Waals surface area contributed by atoms with Gasteiger partial charge in [0.2, 0.25) is 5.91 Å². The largest absolute Gasteiger partial charge is 0.495 e. The van der Waals surface area contributed by atoms with E-state index in [1.807, 2.05) is 0 Å². The van der Waals surface area contributed by atoms with E-state index >= 15 is 0 Å². The second-order valence-electron chi connectivity index (χ2n) is 10.4. The highest BCUT2D eigenvalue weighted by atomic mass is 32.1. The van der Waals surface area contributed by atoms with Gasteiger partial charge in [-0.3, -0.25) is 19.4 Å². The zero-order valence-corrected chi connectivity index (χ0v) is 23.9. The molecule has 2 saturated heterocycles. The molecule has 1 atom stereocenters. The van der Waals surface area contributed by atoms with Crippen LogP contribution in [-0.4, -0.2) is 64.5 Å². The van der Waals surface area contributed by atoms with Gasteiger partial charge in [-0.1, -0.05) is 30.7 Å². The van der Waals surface area contributed by atoms with Crippen molar-refractivity contribution >= 4 is 40.6 Å². The van der Waals surface area contributed by atoms with Crippen molar-refractivity contribution in [3.63, 3.8) is 0 Å². The number of anilines is 2. The summed E-state index contributed by atoms with van der Waals surface area (Å²) in [6, 6.07) is 16.7. The van der Waals surface area contributed by atoms with Crippen LogP contribution in [-0.2, 0) is 22.6 Å². The van der Waals surface area contributed by atoms with Crippen LogP contribution >= 0.6 is 12.2 Å². The van der Waals surface area contributed by atoms with Gasteiger partial charge in [-0.25, -0.2) is 9.37 Å². The molecular weight excluding hydrogens is 541 g/mol. The second kappa shape index (κ2) is 13.2. The molecule has 3 heterocycles. The number of methoxy groups -OCH3 is 1.